The smallest absolute Gasteiger partial charge is 0.265 e. The first-order chi connectivity index (χ1) is 9.04. The molecule has 2 aromatic rings. The molecule has 0 aromatic carbocycles. The van der Waals surface area contributed by atoms with Crippen molar-refractivity contribution >= 4 is 21.5 Å². The zero-order valence-corrected chi connectivity index (χ0v) is 11.4. The van der Waals surface area contributed by atoms with Crippen LogP contribution in [0.25, 0.3) is 0 Å². The number of pyridine rings is 2. The molecule has 0 atom stereocenters. The Labute approximate surface area is 112 Å². The van der Waals surface area contributed by atoms with Crippen molar-refractivity contribution in [3.05, 3.63) is 42.4 Å². The average molecular weight is 278 g/mol. The summed E-state index contributed by atoms with van der Waals surface area (Å²) in [6.07, 6.45) is 3.14. The Morgan fingerprint density at radius 1 is 1.11 bits per heavy atom. The largest absolute Gasteiger partial charge is 0.372 e. The molecule has 7 heteroatoms. The Balaban J connectivity index is 2.41. The molecule has 6 nitrogen and oxygen atoms in total. The number of rotatable bonds is 4. The summed E-state index contributed by atoms with van der Waals surface area (Å²) in [7, 11) is -2.07. The summed E-state index contributed by atoms with van der Waals surface area (Å²) in [6, 6.07) is 6.40. The van der Waals surface area contributed by atoms with Crippen LogP contribution in [-0.2, 0) is 10.0 Å². The maximum atomic E-state index is 12.3. The molecule has 0 spiro atoms. The number of sulfonamides is 1. The Kier molecular flexibility index (Phi) is 3.66. The van der Waals surface area contributed by atoms with Crippen molar-refractivity contribution < 1.29 is 8.42 Å². The van der Waals surface area contributed by atoms with Crippen LogP contribution in [0.3, 0.4) is 0 Å². The molecular weight excluding hydrogens is 264 g/mol. The molecule has 0 aliphatic heterocycles. The van der Waals surface area contributed by atoms with Crippen molar-refractivity contribution in [1.82, 2.24) is 9.97 Å². The minimum atomic E-state index is -3.69. The van der Waals surface area contributed by atoms with Gasteiger partial charge in [0, 0.05) is 19.4 Å². The molecule has 0 amide bonds. The molecule has 2 N–H and O–H groups in total. The van der Waals surface area contributed by atoms with Gasteiger partial charge in [-0.2, -0.15) is 0 Å². The first-order valence-electron chi connectivity index (χ1n) is 5.62. The fourth-order valence-electron chi connectivity index (χ4n) is 1.59. The van der Waals surface area contributed by atoms with Gasteiger partial charge in [0.15, 0.2) is 0 Å². The number of aromatic nitrogens is 2. The van der Waals surface area contributed by atoms with Gasteiger partial charge in [0.25, 0.3) is 10.0 Å². The minimum Gasteiger partial charge on any atom is -0.372 e. The maximum absolute atomic E-state index is 12.3. The molecule has 19 heavy (non-hydrogen) atoms. The minimum absolute atomic E-state index is 0.0979. The lowest BCUT2D eigenvalue weighted by Gasteiger charge is -2.12. The first kappa shape index (κ1) is 13.3. The van der Waals surface area contributed by atoms with Crippen LogP contribution >= 0.6 is 0 Å². The van der Waals surface area contributed by atoms with E-state index in [9.17, 15) is 8.42 Å². The van der Waals surface area contributed by atoms with Crippen LogP contribution in [0.5, 0.6) is 0 Å². The Hall–Kier alpha value is -2.15. The van der Waals surface area contributed by atoms with E-state index in [1.54, 1.807) is 38.4 Å². The second-order valence-electron chi connectivity index (χ2n) is 3.84. The van der Waals surface area contributed by atoms with Gasteiger partial charge in [-0.1, -0.05) is 0 Å². The van der Waals surface area contributed by atoms with E-state index < -0.39 is 10.0 Å². The highest BCUT2D eigenvalue weighted by Crippen LogP contribution is 2.22. The van der Waals surface area contributed by atoms with Crippen molar-refractivity contribution in [2.24, 2.45) is 0 Å². The van der Waals surface area contributed by atoms with Crippen LogP contribution in [0, 0.1) is 6.92 Å². The van der Waals surface area contributed by atoms with Crippen LogP contribution in [0.15, 0.2) is 41.6 Å². The maximum Gasteiger partial charge on any atom is 0.265 e. The van der Waals surface area contributed by atoms with Gasteiger partial charge < -0.3 is 5.32 Å². The van der Waals surface area contributed by atoms with Crippen LogP contribution in [-0.4, -0.2) is 25.4 Å². The zero-order chi connectivity index (χ0) is 13.9. The summed E-state index contributed by atoms with van der Waals surface area (Å²) in [5.74, 6) is 0.302. The van der Waals surface area contributed by atoms with Crippen molar-refractivity contribution in [1.29, 1.82) is 0 Å². The number of nitrogens with one attached hydrogen (secondary N) is 2. The number of nitrogens with zero attached hydrogens (tertiary/aromatic N) is 2. The SMILES string of the molecule is CNc1ncccc1S(=O)(=O)Nc1cccnc1C. The normalized spacial score (nSPS) is 11.1. The highest BCUT2D eigenvalue weighted by Gasteiger charge is 2.19. The fourth-order valence-corrected chi connectivity index (χ4v) is 2.87. The van der Waals surface area contributed by atoms with Crippen LogP contribution in [0.2, 0.25) is 0 Å². The highest BCUT2D eigenvalue weighted by molar-refractivity contribution is 7.92. The molecule has 0 unspecified atom stereocenters. The monoisotopic (exact) mass is 278 g/mol. The highest BCUT2D eigenvalue weighted by atomic mass is 32.2. The van der Waals surface area contributed by atoms with E-state index in [0.29, 0.717) is 17.2 Å². The molecule has 0 aliphatic carbocycles. The first-order valence-corrected chi connectivity index (χ1v) is 7.10. The van der Waals surface area contributed by atoms with Crippen LogP contribution in [0.4, 0.5) is 11.5 Å². The Morgan fingerprint density at radius 3 is 2.47 bits per heavy atom. The molecule has 0 saturated heterocycles. The summed E-state index contributed by atoms with van der Waals surface area (Å²) >= 11 is 0. The molecule has 0 aliphatic rings. The molecule has 100 valence electrons. The topological polar surface area (TPSA) is 84.0 Å². The number of hydrogen-bond acceptors (Lipinski definition) is 5. The second-order valence-corrected chi connectivity index (χ2v) is 5.49. The summed E-state index contributed by atoms with van der Waals surface area (Å²) in [4.78, 5) is 8.12. The summed E-state index contributed by atoms with van der Waals surface area (Å²) < 4.78 is 27.1. The van der Waals surface area contributed by atoms with Gasteiger partial charge in [-0.3, -0.25) is 9.71 Å². The number of aryl methyl sites for hydroxylation is 1. The van der Waals surface area contributed by atoms with Gasteiger partial charge in [-0.05, 0) is 31.2 Å². The van der Waals surface area contributed by atoms with E-state index in [0.717, 1.165) is 0 Å². The van der Waals surface area contributed by atoms with Gasteiger partial charge in [0.05, 0.1) is 11.4 Å². The Bertz CT molecular complexity index is 686. The van der Waals surface area contributed by atoms with Crippen molar-refractivity contribution in [3.8, 4) is 0 Å². The number of hydrogen-bond donors (Lipinski definition) is 2. The van der Waals surface area contributed by atoms with E-state index in [1.165, 1.54) is 12.3 Å². The molecule has 2 aromatic heterocycles. The predicted molar refractivity (Wildman–Crippen MR) is 73.6 cm³/mol. The van der Waals surface area contributed by atoms with E-state index in [2.05, 4.69) is 20.0 Å². The summed E-state index contributed by atoms with van der Waals surface area (Å²) in [5, 5.41) is 2.76. The van der Waals surface area contributed by atoms with E-state index >= 15 is 0 Å². The second kappa shape index (κ2) is 5.23. The molecule has 2 rings (SSSR count). The van der Waals surface area contributed by atoms with Gasteiger partial charge in [-0.25, -0.2) is 13.4 Å². The van der Waals surface area contributed by atoms with Crippen LogP contribution < -0.4 is 10.0 Å². The van der Waals surface area contributed by atoms with Gasteiger partial charge in [0.2, 0.25) is 0 Å². The quantitative estimate of drug-likeness (QED) is 0.888. The summed E-state index contributed by atoms with van der Waals surface area (Å²) in [5.41, 5.74) is 1.06. The third-order valence-corrected chi connectivity index (χ3v) is 3.95. The lowest BCUT2D eigenvalue weighted by Crippen LogP contribution is -2.16. The van der Waals surface area contributed by atoms with Crippen molar-refractivity contribution in [3.63, 3.8) is 0 Å². The zero-order valence-electron chi connectivity index (χ0n) is 10.6. The van der Waals surface area contributed by atoms with E-state index in [-0.39, 0.29) is 4.90 Å². The average Bonchev–Trinajstić information content (AvgIpc) is 2.41. The number of anilines is 2. The lowest BCUT2D eigenvalue weighted by atomic mass is 10.3. The fraction of sp³-hybridized carbons (Fsp3) is 0.167. The van der Waals surface area contributed by atoms with E-state index in [4.69, 9.17) is 0 Å². The standard InChI is InChI=1S/C12H14N4O2S/c1-9-10(5-3-7-14-9)16-19(17,18)11-6-4-8-15-12(11)13-2/h3-8,16H,1-2H3,(H,13,15). The summed E-state index contributed by atoms with van der Waals surface area (Å²) in [6.45, 7) is 1.74. The van der Waals surface area contributed by atoms with Gasteiger partial charge >= 0.3 is 0 Å². The predicted octanol–water partition coefficient (Wildman–Crippen LogP) is 1.63. The lowest BCUT2D eigenvalue weighted by molar-refractivity contribution is 0.601. The molecule has 0 bridgehead atoms. The molecule has 0 saturated carbocycles. The van der Waals surface area contributed by atoms with Crippen molar-refractivity contribution in [2.45, 2.75) is 11.8 Å². The van der Waals surface area contributed by atoms with Crippen LogP contribution in [0.1, 0.15) is 5.69 Å². The molecular formula is C12H14N4O2S. The van der Waals surface area contributed by atoms with Gasteiger partial charge in [0.1, 0.15) is 10.7 Å². The van der Waals surface area contributed by atoms with Crippen molar-refractivity contribution in [2.75, 3.05) is 17.1 Å². The van der Waals surface area contributed by atoms with E-state index in [1.807, 2.05) is 0 Å². The Morgan fingerprint density at radius 2 is 1.79 bits per heavy atom. The third kappa shape index (κ3) is 2.82. The molecule has 0 fully saturated rings. The third-order valence-electron chi connectivity index (χ3n) is 2.55. The molecule has 2 heterocycles. The molecule has 0 radical (unpaired) electrons. The van der Waals surface area contributed by atoms with Gasteiger partial charge in [-0.15, -0.1) is 0 Å².